The first kappa shape index (κ1) is 16.4. The maximum absolute atomic E-state index is 12.3. The molecule has 0 saturated carbocycles. The van der Waals surface area contributed by atoms with Gasteiger partial charge in [-0.05, 0) is 54.0 Å². The molecule has 5 heteroatoms. The van der Waals surface area contributed by atoms with Crippen LogP contribution in [0.1, 0.15) is 13.8 Å². The van der Waals surface area contributed by atoms with E-state index in [0.717, 1.165) is 4.47 Å². The molecule has 1 amide bonds. The summed E-state index contributed by atoms with van der Waals surface area (Å²) in [6.45, 7) is 4.14. The van der Waals surface area contributed by atoms with Gasteiger partial charge in [0.2, 0.25) is 0 Å². The second-order valence-corrected chi connectivity index (χ2v) is 5.46. The van der Waals surface area contributed by atoms with Gasteiger partial charge in [-0.25, -0.2) is 0 Å². The van der Waals surface area contributed by atoms with E-state index in [1.807, 2.05) is 49.4 Å². The molecule has 0 aromatic heterocycles. The van der Waals surface area contributed by atoms with Crippen LogP contribution in [0.25, 0.3) is 0 Å². The fourth-order valence-electron chi connectivity index (χ4n) is 1.87. The standard InChI is InChI=1S/C17H18BrNO3/c1-3-21-16-11-7-5-9-14(16)19-17(20)12(2)22-15-10-6-4-8-13(15)18/h4-12H,3H2,1-2H3,(H,19,20)/t12-/m1/s1. The average molecular weight is 364 g/mol. The second-order valence-electron chi connectivity index (χ2n) is 4.61. The Hall–Kier alpha value is -2.01. The Labute approximate surface area is 138 Å². The molecule has 0 aliphatic rings. The number of ether oxygens (including phenoxy) is 2. The van der Waals surface area contributed by atoms with Crippen molar-refractivity contribution < 1.29 is 14.3 Å². The molecule has 4 nitrogen and oxygen atoms in total. The van der Waals surface area contributed by atoms with Crippen molar-refractivity contribution in [2.75, 3.05) is 11.9 Å². The molecule has 0 unspecified atom stereocenters. The minimum Gasteiger partial charge on any atom is -0.492 e. The molecular formula is C17H18BrNO3. The van der Waals surface area contributed by atoms with E-state index >= 15 is 0 Å². The summed E-state index contributed by atoms with van der Waals surface area (Å²) in [5.74, 6) is 1.04. The molecule has 0 aliphatic carbocycles. The van der Waals surface area contributed by atoms with Crippen LogP contribution in [0.15, 0.2) is 53.0 Å². The minimum absolute atomic E-state index is 0.233. The maximum Gasteiger partial charge on any atom is 0.265 e. The summed E-state index contributed by atoms with van der Waals surface area (Å²) in [6.07, 6.45) is -0.631. The smallest absolute Gasteiger partial charge is 0.265 e. The van der Waals surface area contributed by atoms with Crippen LogP contribution in [-0.2, 0) is 4.79 Å². The third-order valence-electron chi connectivity index (χ3n) is 2.95. The largest absolute Gasteiger partial charge is 0.492 e. The lowest BCUT2D eigenvalue weighted by Crippen LogP contribution is -2.30. The van der Waals surface area contributed by atoms with E-state index in [9.17, 15) is 4.79 Å². The van der Waals surface area contributed by atoms with Crippen molar-refractivity contribution in [3.05, 3.63) is 53.0 Å². The zero-order valence-electron chi connectivity index (χ0n) is 12.5. The lowest BCUT2D eigenvalue weighted by molar-refractivity contribution is -0.122. The Bertz CT molecular complexity index is 645. The number of halogens is 1. The molecular weight excluding hydrogens is 346 g/mol. The normalized spacial score (nSPS) is 11.6. The van der Waals surface area contributed by atoms with Crippen molar-refractivity contribution in [2.24, 2.45) is 0 Å². The van der Waals surface area contributed by atoms with Gasteiger partial charge < -0.3 is 14.8 Å². The van der Waals surface area contributed by atoms with E-state index in [2.05, 4.69) is 21.2 Å². The van der Waals surface area contributed by atoms with Gasteiger partial charge in [0.05, 0.1) is 16.8 Å². The van der Waals surface area contributed by atoms with E-state index in [1.54, 1.807) is 13.0 Å². The number of anilines is 1. The molecule has 22 heavy (non-hydrogen) atoms. The van der Waals surface area contributed by atoms with E-state index in [1.165, 1.54) is 0 Å². The zero-order valence-corrected chi connectivity index (χ0v) is 14.1. The molecule has 2 aromatic rings. The number of carbonyl (C=O) groups is 1. The topological polar surface area (TPSA) is 47.6 Å². The summed E-state index contributed by atoms with van der Waals surface area (Å²) in [4.78, 5) is 12.3. The number of rotatable bonds is 6. The van der Waals surface area contributed by atoms with Crippen molar-refractivity contribution in [2.45, 2.75) is 20.0 Å². The third-order valence-corrected chi connectivity index (χ3v) is 3.61. The molecule has 116 valence electrons. The number of benzene rings is 2. The van der Waals surface area contributed by atoms with Crippen LogP contribution in [0.5, 0.6) is 11.5 Å². The lowest BCUT2D eigenvalue weighted by Gasteiger charge is -2.17. The van der Waals surface area contributed by atoms with Gasteiger partial charge in [-0.1, -0.05) is 24.3 Å². The molecule has 0 spiro atoms. The Morgan fingerprint density at radius 1 is 1.14 bits per heavy atom. The van der Waals surface area contributed by atoms with E-state index in [-0.39, 0.29) is 5.91 Å². The van der Waals surface area contributed by atoms with Crippen molar-refractivity contribution in [1.82, 2.24) is 0 Å². The van der Waals surface area contributed by atoms with Crippen LogP contribution < -0.4 is 14.8 Å². The van der Waals surface area contributed by atoms with Crippen LogP contribution in [0.3, 0.4) is 0 Å². The first-order chi connectivity index (χ1) is 10.6. The van der Waals surface area contributed by atoms with Gasteiger partial charge in [-0.2, -0.15) is 0 Å². The first-order valence-corrected chi connectivity index (χ1v) is 7.85. The van der Waals surface area contributed by atoms with Gasteiger partial charge in [0.1, 0.15) is 11.5 Å². The Morgan fingerprint density at radius 2 is 1.77 bits per heavy atom. The van der Waals surface area contributed by atoms with E-state index in [0.29, 0.717) is 23.8 Å². The molecule has 0 fully saturated rings. The molecule has 0 saturated heterocycles. The van der Waals surface area contributed by atoms with Crippen LogP contribution in [0.4, 0.5) is 5.69 Å². The highest BCUT2D eigenvalue weighted by Crippen LogP contribution is 2.26. The number of hydrogen-bond acceptors (Lipinski definition) is 3. The van der Waals surface area contributed by atoms with Gasteiger partial charge in [0.25, 0.3) is 5.91 Å². The summed E-state index contributed by atoms with van der Waals surface area (Å²) in [7, 11) is 0. The third kappa shape index (κ3) is 4.24. The fourth-order valence-corrected chi connectivity index (χ4v) is 2.25. The number of para-hydroxylation sites is 3. The predicted octanol–water partition coefficient (Wildman–Crippen LogP) is 4.25. The van der Waals surface area contributed by atoms with Crippen molar-refractivity contribution in [3.8, 4) is 11.5 Å². The summed E-state index contributed by atoms with van der Waals surface area (Å²) in [5, 5.41) is 2.83. The Kier molecular flexibility index (Phi) is 5.83. The highest BCUT2D eigenvalue weighted by atomic mass is 79.9. The summed E-state index contributed by atoms with van der Waals surface area (Å²) >= 11 is 3.40. The quantitative estimate of drug-likeness (QED) is 0.834. The van der Waals surface area contributed by atoms with E-state index in [4.69, 9.17) is 9.47 Å². The minimum atomic E-state index is -0.631. The molecule has 0 bridgehead atoms. The van der Waals surface area contributed by atoms with Crippen LogP contribution >= 0.6 is 15.9 Å². The predicted molar refractivity (Wildman–Crippen MR) is 90.5 cm³/mol. The van der Waals surface area contributed by atoms with Gasteiger partial charge >= 0.3 is 0 Å². The highest BCUT2D eigenvalue weighted by molar-refractivity contribution is 9.10. The number of amides is 1. The Morgan fingerprint density at radius 3 is 2.45 bits per heavy atom. The van der Waals surface area contributed by atoms with Crippen molar-refractivity contribution in [3.63, 3.8) is 0 Å². The van der Waals surface area contributed by atoms with Crippen LogP contribution in [0, 0.1) is 0 Å². The average Bonchev–Trinajstić information content (AvgIpc) is 2.51. The number of carbonyl (C=O) groups excluding carboxylic acids is 1. The van der Waals surface area contributed by atoms with Gasteiger partial charge in [0, 0.05) is 0 Å². The number of nitrogens with one attached hydrogen (secondary N) is 1. The molecule has 2 rings (SSSR count). The first-order valence-electron chi connectivity index (χ1n) is 7.05. The zero-order chi connectivity index (χ0) is 15.9. The molecule has 0 radical (unpaired) electrons. The van der Waals surface area contributed by atoms with E-state index < -0.39 is 6.10 Å². The lowest BCUT2D eigenvalue weighted by atomic mass is 10.2. The molecule has 0 heterocycles. The Balaban J connectivity index is 2.04. The monoisotopic (exact) mass is 363 g/mol. The molecule has 2 aromatic carbocycles. The summed E-state index contributed by atoms with van der Waals surface area (Å²) < 4.78 is 12.0. The molecule has 1 N–H and O–H groups in total. The van der Waals surface area contributed by atoms with Gasteiger partial charge in [-0.3, -0.25) is 4.79 Å². The SMILES string of the molecule is CCOc1ccccc1NC(=O)[C@@H](C)Oc1ccccc1Br. The summed E-state index contributed by atoms with van der Waals surface area (Å²) in [6, 6.07) is 14.7. The maximum atomic E-state index is 12.3. The second kappa shape index (κ2) is 7.84. The van der Waals surface area contributed by atoms with Crippen molar-refractivity contribution >= 4 is 27.5 Å². The van der Waals surface area contributed by atoms with Gasteiger partial charge in [0.15, 0.2) is 6.10 Å². The fraction of sp³-hybridized carbons (Fsp3) is 0.235. The van der Waals surface area contributed by atoms with Crippen LogP contribution in [0.2, 0.25) is 0 Å². The van der Waals surface area contributed by atoms with Crippen LogP contribution in [-0.4, -0.2) is 18.6 Å². The molecule has 1 atom stereocenters. The molecule has 0 aliphatic heterocycles. The summed E-state index contributed by atoms with van der Waals surface area (Å²) in [5.41, 5.74) is 0.636. The number of hydrogen-bond donors (Lipinski definition) is 1. The van der Waals surface area contributed by atoms with Crippen molar-refractivity contribution in [1.29, 1.82) is 0 Å². The van der Waals surface area contributed by atoms with Gasteiger partial charge in [-0.15, -0.1) is 0 Å². The highest BCUT2D eigenvalue weighted by Gasteiger charge is 2.17.